The van der Waals surface area contributed by atoms with E-state index in [1.807, 2.05) is 24.3 Å². The first-order valence-corrected chi connectivity index (χ1v) is 7.70. The van der Waals surface area contributed by atoms with Crippen molar-refractivity contribution in [1.82, 2.24) is 9.97 Å². The van der Waals surface area contributed by atoms with Crippen LogP contribution in [0, 0.1) is 0 Å². The SMILES string of the molecule is CCCCCCCCOc1nc2ccccc2nc1C=O. The monoisotopic (exact) mass is 286 g/mol. The number of hydrogen-bond donors (Lipinski definition) is 0. The van der Waals surface area contributed by atoms with E-state index in [0.717, 1.165) is 18.4 Å². The molecule has 0 N–H and O–H groups in total. The third kappa shape index (κ3) is 4.52. The molecule has 0 unspecified atom stereocenters. The summed E-state index contributed by atoms with van der Waals surface area (Å²) in [6.07, 6.45) is 7.91. The molecule has 1 aromatic heterocycles. The maximum absolute atomic E-state index is 11.1. The lowest BCUT2D eigenvalue weighted by Crippen LogP contribution is -2.04. The van der Waals surface area contributed by atoms with Crippen molar-refractivity contribution in [3.05, 3.63) is 30.0 Å². The zero-order valence-corrected chi connectivity index (χ0v) is 12.5. The number of ether oxygens (including phenoxy) is 1. The van der Waals surface area contributed by atoms with Gasteiger partial charge in [-0.1, -0.05) is 51.2 Å². The summed E-state index contributed by atoms with van der Waals surface area (Å²) >= 11 is 0. The molecule has 2 aromatic rings. The summed E-state index contributed by atoms with van der Waals surface area (Å²) in [5, 5.41) is 0. The largest absolute Gasteiger partial charge is 0.476 e. The number of carbonyl (C=O) groups is 1. The predicted molar refractivity (Wildman–Crippen MR) is 83.8 cm³/mol. The molecule has 0 saturated carbocycles. The van der Waals surface area contributed by atoms with Gasteiger partial charge in [-0.05, 0) is 18.6 Å². The number of aldehydes is 1. The van der Waals surface area contributed by atoms with Crippen molar-refractivity contribution in [2.24, 2.45) is 0 Å². The number of hydrogen-bond acceptors (Lipinski definition) is 4. The maximum atomic E-state index is 11.1. The van der Waals surface area contributed by atoms with Crippen LogP contribution in [0.25, 0.3) is 11.0 Å². The third-order valence-electron chi connectivity index (χ3n) is 3.41. The Balaban J connectivity index is 1.90. The van der Waals surface area contributed by atoms with Gasteiger partial charge in [0.15, 0.2) is 12.0 Å². The van der Waals surface area contributed by atoms with Crippen LogP contribution in [0.4, 0.5) is 0 Å². The first-order valence-electron chi connectivity index (χ1n) is 7.70. The van der Waals surface area contributed by atoms with E-state index in [1.165, 1.54) is 25.7 Å². The number of nitrogens with zero attached hydrogens (tertiary/aromatic N) is 2. The Labute approximate surface area is 125 Å². The highest BCUT2D eigenvalue weighted by Crippen LogP contribution is 2.18. The van der Waals surface area contributed by atoms with Gasteiger partial charge in [0.05, 0.1) is 17.6 Å². The number of para-hydroxylation sites is 2. The standard InChI is InChI=1S/C17H22N2O2/c1-2-3-4-5-6-9-12-21-17-16(13-20)18-14-10-7-8-11-15(14)19-17/h7-8,10-11,13H,2-6,9,12H2,1H3. The normalized spacial score (nSPS) is 10.7. The van der Waals surface area contributed by atoms with Crippen molar-refractivity contribution in [2.45, 2.75) is 45.4 Å². The van der Waals surface area contributed by atoms with Gasteiger partial charge in [0.2, 0.25) is 5.88 Å². The molecule has 0 aliphatic rings. The van der Waals surface area contributed by atoms with Gasteiger partial charge >= 0.3 is 0 Å². The lowest BCUT2D eigenvalue weighted by molar-refractivity contribution is 0.111. The quantitative estimate of drug-likeness (QED) is 0.512. The number of unbranched alkanes of at least 4 members (excludes halogenated alkanes) is 5. The van der Waals surface area contributed by atoms with Gasteiger partial charge in [-0.2, -0.15) is 0 Å². The van der Waals surface area contributed by atoms with Crippen LogP contribution < -0.4 is 4.74 Å². The minimum Gasteiger partial charge on any atom is -0.476 e. The zero-order valence-electron chi connectivity index (χ0n) is 12.5. The molecule has 0 aliphatic heterocycles. The highest BCUT2D eigenvalue weighted by molar-refractivity contribution is 5.82. The second kappa shape index (κ2) is 8.35. The molecule has 0 amide bonds. The van der Waals surface area contributed by atoms with Crippen LogP contribution in [0.2, 0.25) is 0 Å². The molecule has 0 radical (unpaired) electrons. The van der Waals surface area contributed by atoms with E-state index in [9.17, 15) is 4.79 Å². The number of benzene rings is 1. The number of carbonyl (C=O) groups excluding carboxylic acids is 1. The smallest absolute Gasteiger partial charge is 0.244 e. The van der Waals surface area contributed by atoms with Crippen LogP contribution in [0.1, 0.15) is 55.9 Å². The topological polar surface area (TPSA) is 52.1 Å². The number of rotatable bonds is 9. The second-order valence-corrected chi connectivity index (χ2v) is 5.14. The second-order valence-electron chi connectivity index (χ2n) is 5.14. The van der Waals surface area contributed by atoms with E-state index >= 15 is 0 Å². The Bertz CT molecular complexity index is 584. The van der Waals surface area contributed by atoms with Crippen molar-refractivity contribution in [3.8, 4) is 5.88 Å². The Morgan fingerprint density at radius 1 is 1.00 bits per heavy atom. The fourth-order valence-corrected chi connectivity index (χ4v) is 2.23. The fraction of sp³-hybridized carbons (Fsp3) is 0.471. The molecule has 1 aromatic carbocycles. The Morgan fingerprint density at radius 3 is 2.38 bits per heavy atom. The minimum atomic E-state index is 0.277. The first-order chi connectivity index (χ1) is 10.3. The Morgan fingerprint density at radius 2 is 1.67 bits per heavy atom. The third-order valence-corrected chi connectivity index (χ3v) is 3.41. The maximum Gasteiger partial charge on any atom is 0.244 e. The van der Waals surface area contributed by atoms with E-state index in [-0.39, 0.29) is 5.69 Å². The van der Waals surface area contributed by atoms with Crippen LogP contribution in [-0.4, -0.2) is 22.9 Å². The van der Waals surface area contributed by atoms with Crippen LogP contribution >= 0.6 is 0 Å². The van der Waals surface area contributed by atoms with Crippen LogP contribution in [-0.2, 0) is 0 Å². The Hall–Kier alpha value is -1.97. The Kier molecular flexibility index (Phi) is 6.13. The summed E-state index contributed by atoms with van der Waals surface area (Å²) < 4.78 is 5.64. The van der Waals surface area contributed by atoms with Gasteiger partial charge in [-0.25, -0.2) is 9.97 Å². The molecule has 112 valence electrons. The van der Waals surface area contributed by atoms with Gasteiger partial charge in [-0.15, -0.1) is 0 Å². The molecule has 21 heavy (non-hydrogen) atoms. The molecule has 1 heterocycles. The van der Waals surface area contributed by atoms with E-state index < -0.39 is 0 Å². The van der Waals surface area contributed by atoms with Crippen molar-refractivity contribution < 1.29 is 9.53 Å². The van der Waals surface area contributed by atoms with Crippen molar-refractivity contribution in [1.29, 1.82) is 0 Å². The van der Waals surface area contributed by atoms with Crippen molar-refractivity contribution >= 4 is 17.3 Å². The van der Waals surface area contributed by atoms with E-state index in [4.69, 9.17) is 4.74 Å². The predicted octanol–water partition coefficient (Wildman–Crippen LogP) is 4.18. The lowest BCUT2D eigenvalue weighted by atomic mass is 10.1. The average Bonchev–Trinajstić information content (AvgIpc) is 2.53. The molecule has 0 bridgehead atoms. The van der Waals surface area contributed by atoms with Gasteiger partial charge in [0, 0.05) is 0 Å². The average molecular weight is 286 g/mol. The first kappa shape index (κ1) is 15.4. The zero-order chi connectivity index (χ0) is 14.9. The molecule has 0 saturated heterocycles. The van der Waals surface area contributed by atoms with Crippen molar-refractivity contribution in [2.75, 3.05) is 6.61 Å². The lowest BCUT2D eigenvalue weighted by Gasteiger charge is -2.08. The highest BCUT2D eigenvalue weighted by Gasteiger charge is 2.09. The molecule has 4 nitrogen and oxygen atoms in total. The molecule has 0 atom stereocenters. The summed E-state index contributed by atoms with van der Waals surface area (Å²) in [4.78, 5) is 19.8. The summed E-state index contributed by atoms with van der Waals surface area (Å²) in [6, 6.07) is 7.49. The highest BCUT2D eigenvalue weighted by atomic mass is 16.5. The molecule has 4 heteroatoms. The molecule has 0 fully saturated rings. The molecule has 2 rings (SSSR count). The number of fused-ring (bicyclic) bond motifs is 1. The fourth-order valence-electron chi connectivity index (χ4n) is 2.23. The van der Waals surface area contributed by atoms with Gasteiger partial charge in [-0.3, -0.25) is 4.79 Å². The summed E-state index contributed by atoms with van der Waals surface area (Å²) in [5.41, 5.74) is 1.74. The molecule has 0 spiro atoms. The summed E-state index contributed by atoms with van der Waals surface area (Å²) in [7, 11) is 0. The minimum absolute atomic E-state index is 0.277. The van der Waals surface area contributed by atoms with E-state index in [1.54, 1.807) is 0 Å². The van der Waals surface area contributed by atoms with Gasteiger partial charge < -0.3 is 4.74 Å². The van der Waals surface area contributed by atoms with Crippen LogP contribution in [0.15, 0.2) is 24.3 Å². The molecular formula is C17H22N2O2. The van der Waals surface area contributed by atoms with Gasteiger partial charge in [0.25, 0.3) is 0 Å². The number of aromatic nitrogens is 2. The molecular weight excluding hydrogens is 264 g/mol. The van der Waals surface area contributed by atoms with Gasteiger partial charge in [0.1, 0.15) is 0 Å². The van der Waals surface area contributed by atoms with E-state index in [2.05, 4.69) is 16.9 Å². The molecule has 0 aliphatic carbocycles. The van der Waals surface area contributed by atoms with Crippen molar-refractivity contribution in [3.63, 3.8) is 0 Å². The van der Waals surface area contributed by atoms with E-state index in [0.29, 0.717) is 24.3 Å². The summed E-state index contributed by atoms with van der Waals surface area (Å²) in [5.74, 6) is 0.345. The van der Waals surface area contributed by atoms with Crippen LogP contribution in [0.3, 0.4) is 0 Å². The summed E-state index contributed by atoms with van der Waals surface area (Å²) in [6.45, 7) is 2.79. The van der Waals surface area contributed by atoms with Crippen LogP contribution in [0.5, 0.6) is 5.88 Å².